The Morgan fingerprint density at radius 2 is 1.90 bits per heavy atom. The lowest BCUT2D eigenvalue weighted by molar-refractivity contribution is -0.122. The van der Waals surface area contributed by atoms with Crippen LogP contribution in [0.25, 0.3) is 0 Å². The third-order valence-corrected chi connectivity index (χ3v) is 8.97. The van der Waals surface area contributed by atoms with E-state index in [9.17, 15) is 14.4 Å². The molecule has 0 unspecified atom stereocenters. The van der Waals surface area contributed by atoms with Gasteiger partial charge in [-0.05, 0) is 53.3 Å². The molecule has 7 nitrogen and oxygen atoms in total. The van der Waals surface area contributed by atoms with E-state index >= 15 is 4.39 Å². The number of ether oxygens (including phenoxy) is 1. The minimum absolute atomic E-state index is 0.109. The average molecular weight is 605 g/mol. The Morgan fingerprint density at radius 1 is 1.15 bits per heavy atom. The van der Waals surface area contributed by atoms with Crippen LogP contribution in [0.1, 0.15) is 53.9 Å². The third kappa shape index (κ3) is 4.79. The molecule has 0 radical (unpaired) electrons. The number of anilines is 2. The number of benzene rings is 2. The zero-order valence-corrected chi connectivity index (χ0v) is 24.6. The van der Waals surface area contributed by atoms with Crippen LogP contribution in [0.5, 0.6) is 0 Å². The summed E-state index contributed by atoms with van der Waals surface area (Å²) in [6.07, 6.45) is 0.496. The molecule has 3 aromatic rings. The van der Waals surface area contributed by atoms with Crippen LogP contribution in [0.2, 0.25) is 10.0 Å². The molecule has 3 heterocycles. The number of thiophene rings is 1. The second-order valence-corrected chi connectivity index (χ2v) is 13.2. The summed E-state index contributed by atoms with van der Waals surface area (Å²) in [5.74, 6) is -3.01. The number of nitrogens with one attached hydrogen (secondary N) is 3. The molecule has 210 valence electrons. The van der Waals surface area contributed by atoms with Crippen LogP contribution in [-0.2, 0) is 19.7 Å². The highest BCUT2D eigenvalue weighted by Crippen LogP contribution is 2.57. The summed E-state index contributed by atoms with van der Waals surface area (Å²) < 4.78 is 20.6. The molecule has 0 bridgehead atoms. The number of rotatable bonds is 5. The quantitative estimate of drug-likeness (QED) is 0.294. The predicted octanol–water partition coefficient (Wildman–Crippen LogP) is 6.37. The van der Waals surface area contributed by atoms with E-state index < -0.39 is 41.1 Å². The van der Waals surface area contributed by atoms with E-state index in [2.05, 4.69) is 16.0 Å². The minimum atomic E-state index is -1.35. The summed E-state index contributed by atoms with van der Waals surface area (Å²) in [4.78, 5) is 40.4. The molecule has 0 aliphatic carbocycles. The van der Waals surface area contributed by atoms with Gasteiger partial charge in [0, 0.05) is 22.7 Å². The number of carbonyl (C=O) groups is 3. The number of methoxy groups -OCH3 is 1. The number of fused-ring (bicyclic) bond motifs is 2. The molecule has 1 aromatic heterocycles. The molecular weight excluding hydrogens is 576 g/mol. The van der Waals surface area contributed by atoms with Crippen molar-refractivity contribution >= 4 is 63.0 Å². The van der Waals surface area contributed by atoms with Crippen LogP contribution in [0.15, 0.2) is 48.5 Å². The second-order valence-electron chi connectivity index (χ2n) is 11.2. The Bertz CT molecular complexity index is 1520. The van der Waals surface area contributed by atoms with Gasteiger partial charge in [-0.25, -0.2) is 9.18 Å². The standard InChI is InChI=1S/C29H28Cl2FN3O4S/c1-28(2,3)13-20-29(16-9-8-14(30)12-18(16)33-27(29)38)22(15-6-5-7-17(31)23(15)32)24(34-20)25(36)35-21-11-10-19(40-21)26(37)39-4/h5-12,20,22,24,34H,13H2,1-4H3,(H,33,38)(H,35,36)/t20-,22-,24+,29+/m0/s1. The molecule has 1 fully saturated rings. The molecule has 4 atom stereocenters. The fraction of sp³-hybridized carbons (Fsp3) is 0.345. The van der Waals surface area contributed by atoms with Crippen molar-refractivity contribution in [2.45, 2.75) is 50.6 Å². The molecule has 2 aromatic carbocycles. The topological polar surface area (TPSA) is 96.5 Å². The fourth-order valence-corrected chi connectivity index (χ4v) is 7.15. The van der Waals surface area contributed by atoms with E-state index in [1.54, 1.807) is 42.5 Å². The number of esters is 1. The number of amides is 2. The molecule has 1 spiro atoms. The van der Waals surface area contributed by atoms with E-state index in [1.807, 2.05) is 20.8 Å². The first-order valence-electron chi connectivity index (χ1n) is 12.7. The highest BCUT2D eigenvalue weighted by Gasteiger charge is 2.66. The van der Waals surface area contributed by atoms with Crippen molar-refractivity contribution in [2.75, 3.05) is 17.7 Å². The summed E-state index contributed by atoms with van der Waals surface area (Å²) in [5.41, 5.74) is -0.310. The lowest BCUT2D eigenvalue weighted by Gasteiger charge is -2.37. The first-order valence-corrected chi connectivity index (χ1v) is 14.2. The third-order valence-electron chi connectivity index (χ3n) is 7.46. The first-order chi connectivity index (χ1) is 18.9. The van der Waals surface area contributed by atoms with Crippen LogP contribution < -0.4 is 16.0 Å². The zero-order chi connectivity index (χ0) is 29.0. The van der Waals surface area contributed by atoms with Gasteiger partial charge in [0.25, 0.3) is 0 Å². The SMILES string of the molecule is COC(=O)c1ccc(NC(=O)[C@@H]2N[C@@H](CC(C)(C)C)[C@@]3(C(=O)Nc4cc(Cl)ccc43)[C@H]2c2cccc(Cl)c2F)s1. The number of halogens is 3. The molecule has 2 aliphatic heterocycles. The summed E-state index contributed by atoms with van der Waals surface area (Å²) in [5, 5.41) is 9.97. The van der Waals surface area contributed by atoms with Gasteiger partial charge in [0.1, 0.15) is 16.1 Å². The summed E-state index contributed by atoms with van der Waals surface area (Å²) in [6.45, 7) is 6.13. The normalized spacial score (nSPS) is 23.7. The van der Waals surface area contributed by atoms with Gasteiger partial charge in [0.15, 0.2) is 0 Å². The molecular formula is C29H28Cl2FN3O4S. The highest BCUT2D eigenvalue weighted by atomic mass is 35.5. The van der Waals surface area contributed by atoms with Crippen molar-refractivity contribution < 1.29 is 23.5 Å². The van der Waals surface area contributed by atoms with Crippen molar-refractivity contribution in [1.82, 2.24) is 5.32 Å². The molecule has 1 saturated heterocycles. The van der Waals surface area contributed by atoms with Crippen molar-refractivity contribution in [2.24, 2.45) is 5.41 Å². The molecule has 2 amide bonds. The predicted molar refractivity (Wildman–Crippen MR) is 155 cm³/mol. The van der Waals surface area contributed by atoms with Gasteiger partial charge in [-0.2, -0.15) is 0 Å². The van der Waals surface area contributed by atoms with Gasteiger partial charge in [-0.15, -0.1) is 11.3 Å². The Morgan fingerprint density at radius 3 is 2.60 bits per heavy atom. The van der Waals surface area contributed by atoms with Crippen molar-refractivity contribution in [3.63, 3.8) is 0 Å². The monoisotopic (exact) mass is 603 g/mol. The summed E-state index contributed by atoms with van der Waals surface area (Å²) >= 11 is 13.6. The van der Waals surface area contributed by atoms with Crippen molar-refractivity contribution in [3.05, 3.63) is 80.4 Å². The molecule has 5 rings (SSSR count). The fourth-order valence-electron chi connectivity index (χ4n) is 5.97. The van der Waals surface area contributed by atoms with Crippen LogP contribution >= 0.6 is 34.5 Å². The van der Waals surface area contributed by atoms with Crippen molar-refractivity contribution in [3.8, 4) is 0 Å². The number of hydrogen-bond donors (Lipinski definition) is 3. The Hall–Kier alpha value is -2.98. The highest BCUT2D eigenvalue weighted by molar-refractivity contribution is 7.18. The van der Waals surface area contributed by atoms with Gasteiger partial charge >= 0.3 is 5.97 Å². The maximum atomic E-state index is 15.8. The molecule has 3 N–H and O–H groups in total. The minimum Gasteiger partial charge on any atom is -0.465 e. The van der Waals surface area contributed by atoms with E-state index in [0.29, 0.717) is 32.6 Å². The summed E-state index contributed by atoms with van der Waals surface area (Å²) in [7, 11) is 1.28. The van der Waals surface area contributed by atoms with Crippen LogP contribution in [-0.4, -0.2) is 37.0 Å². The Balaban J connectivity index is 1.68. The van der Waals surface area contributed by atoms with Crippen LogP contribution in [0.3, 0.4) is 0 Å². The van der Waals surface area contributed by atoms with Gasteiger partial charge < -0.3 is 20.7 Å². The zero-order valence-electron chi connectivity index (χ0n) is 22.2. The molecule has 0 saturated carbocycles. The molecule has 11 heteroatoms. The maximum Gasteiger partial charge on any atom is 0.348 e. The Kier molecular flexibility index (Phi) is 7.46. The molecule has 40 heavy (non-hydrogen) atoms. The van der Waals surface area contributed by atoms with Gasteiger partial charge in [0.05, 0.1) is 23.2 Å². The lowest BCUT2D eigenvalue weighted by atomic mass is 9.62. The van der Waals surface area contributed by atoms with Crippen LogP contribution in [0, 0.1) is 11.2 Å². The summed E-state index contributed by atoms with van der Waals surface area (Å²) in [6, 6.07) is 11.3. The van der Waals surface area contributed by atoms with Gasteiger partial charge in [0.2, 0.25) is 11.8 Å². The van der Waals surface area contributed by atoms with Crippen molar-refractivity contribution in [1.29, 1.82) is 0 Å². The second kappa shape index (κ2) is 10.4. The Labute approximate surface area is 245 Å². The van der Waals surface area contributed by atoms with Gasteiger partial charge in [-0.3, -0.25) is 9.59 Å². The van der Waals surface area contributed by atoms with Gasteiger partial charge in [-0.1, -0.05) is 62.2 Å². The van der Waals surface area contributed by atoms with E-state index in [1.165, 1.54) is 13.2 Å². The lowest BCUT2D eigenvalue weighted by Crippen LogP contribution is -2.49. The van der Waals surface area contributed by atoms with E-state index in [0.717, 1.165) is 11.3 Å². The smallest absolute Gasteiger partial charge is 0.348 e. The van der Waals surface area contributed by atoms with E-state index in [4.69, 9.17) is 27.9 Å². The average Bonchev–Trinajstić information content (AvgIpc) is 3.55. The maximum absolute atomic E-state index is 15.8. The number of hydrogen-bond acceptors (Lipinski definition) is 6. The van der Waals surface area contributed by atoms with E-state index in [-0.39, 0.29) is 21.9 Å². The number of carbonyl (C=O) groups excluding carboxylic acids is 3. The van der Waals surface area contributed by atoms with Crippen LogP contribution in [0.4, 0.5) is 15.1 Å². The first kappa shape index (κ1) is 28.5. The largest absolute Gasteiger partial charge is 0.465 e. The molecule has 2 aliphatic rings.